The zero-order valence-electron chi connectivity index (χ0n) is 11.1. The number of nitrogens with zero attached hydrogens (tertiary/aromatic N) is 1. The zero-order chi connectivity index (χ0) is 12.5. The topological polar surface area (TPSA) is 50.9 Å². The Hall–Kier alpha value is -1.09. The number of pyridine rings is 1. The molecule has 1 rings (SSSR count). The van der Waals surface area contributed by atoms with Gasteiger partial charge in [-0.25, -0.2) is 4.98 Å². The molecule has 96 valence electrons. The first-order valence-corrected chi connectivity index (χ1v) is 6.70. The molecule has 0 spiro atoms. The summed E-state index contributed by atoms with van der Waals surface area (Å²) in [7, 11) is 0. The van der Waals surface area contributed by atoms with Crippen LogP contribution in [0.5, 0.6) is 0 Å². The molecule has 0 fully saturated rings. The number of rotatable bonds is 8. The minimum absolute atomic E-state index is 0.611. The molecule has 3 heteroatoms. The van der Waals surface area contributed by atoms with Gasteiger partial charge in [-0.2, -0.15) is 0 Å². The van der Waals surface area contributed by atoms with Crippen LogP contribution in [0.15, 0.2) is 18.3 Å². The highest BCUT2D eigenvalue weighted by atomic mass is 14.9. The lowest BCUT2D eigenvalue weighted by molar-refractivity contribution is 0.449. The third-order valence-corrected chi connectivity index (χ3v) is 3.01. The van der Waals surface area contributed by atoms with E-state index in [2.05, 4.69) is 30.2 Å². The van der Waals surface area contributed by atoms with E-state index in [0.717, 1.165) is 19.4 Å². The van der Waals surface area contributed by atoms with Crippen LogP contribution in [0.25, 0.3) is 0 Å². The van der Waals surface area contributed by atoms with E-state index in [1.54, 1.807) is 6.20 Å². The Morgan fingerprint density at radius 3 is 2.76 bits per heavy atom. The predicted molar refractivity (Wildman–Crippen MR) is 74.0 cm³/mol. The second-order valence-electron chi connectivity index (χ2n) is 4.53. The molecule has 0 bridgehead atoms. The number of aromatic nitrogens is 1. The normalized spacial score (nSPS) is 12.6. The fourth-order valence-corrected chi connectivity index (χ4v) is 2.04. The third kappa shape index (κ3) is 5.18. The Kier molecular flexibility index (Phi) is 6.63. The second-order valence-corrected chi connectivity index (χ2v) is 4.53. The van der Waals surface area contributed by atoms with E-state index in [1.807, 2.05) is 6.07 Å². The zero-order valence-corrected chi connectivity index (χ0v) is 11.1. The van der Waals surface area contributed by atoms with Crippen molar-refractivity contribution in [1.29, 1.82) is 0 Å². The van der Waals surface area contributed by atoms with Crippen LogP contribution in [0.2, 0.25) is 0 Å². The molecule has 3 N–H and O–H groups in total. The van der Waals surface area contributed by atoms with E-state index >= 15 is 0 Å². The molecule has 1 aromatic rings. The molecule has 1 atom stereocenters. The third-order valence-electron chi connectivity index (χ3n) is 3.01. The molecule has 17 heavy (non-hydrogen) atoms. The Labute approximate surface area is 105 Å². The van der Waals surface area contributed by atoms with Gasteiger partial charge in [0.25, 0.3) is 0 Å². The van der Waals surface area contributed by atoms with Gasteiger partial charge in [-0.3, -0.25) is 0 Å². The number of anilines is 1. The fourth-order valence-electron chi connectivity index (χ4n) is 2.04. The molecule has 1 aromatic heterocycles. The summed E-state index contributed by atoms with van der Waals surface area (Å²) in [6, 6.07) is 4.64. The van der Waals surface area contributed by atoms with E-state index in [-0.39, 0.29) is 0 Å². The summed E-state index contributed by atoms with van der Waals surface area (Å²) in [5.41, 5.74) is 7.02. The van der Waals surface area contributed by atoms with Crippen molar-refractivity contribution in [2.45, 2.75) is 52.0 Å². The summed E-state index contributed by atoms with van der Waals surface area (Å²) >= 11 is 0. The van der Waals surface area contributed by atoms with Gasteiger partial charge in [-0.1, -0.05) is 26.3 Å². The Morgan fingerprint density at radius 1 is 1.29 bits per heavy atom. The Balaban J connectivity index is 2.42. The average Bonchev–Trinajstić information content (AvgIpc) is 2.34. The molecule has 1 unspecified atom stereocenters. The molecule has 0 aliphatic heterocycles. The SMILES string of the molecule is CCCNC(CCC)CCc1cccnc1N. The number of nitrogen functional groups attached to an aromatic ring is 1. The molecule has 0 amide bonds. The number of nitrogens with one attached hydrogen (secondary N) is 1. The van der Waals surface area contributed by atoms with Crippen molar-refractivity contribution in [1.82, 2.24) is 10.3 Å². The first-order chi connectivity index (χ1) is 8.27. The van der Waals surface area contributed by atoms with Crippen molar-refractivity contribution in [2.24, 2.45) is 0 Å². The quantitative estimate of drug-likeness (QED) is 0.728. The monoisotopic (exact) mass is 235 g/mol. The van der Waals surface area contributed by atoms with Crippen molar-refractivity contribution >= 4 is 5.82 Å². The maximum Gasteiger partial charge on any atom is 0.126 e. The summed E-state index contributed by atoms with van der Waals surface area (Å²) in [4.78, 5) is 4.12. The van der Waals surface area contributed by atoms with Crippen molar-refractivity contribution < 1.29 is 0 Å². The van der Waals surface area contributed by atoms with E-state index in [9.17, 15) is 0 Å². The lowest BCUT2D eigenvalue weighted by Crippen LogP contribution is -2.30. The van der Waals surface area contributed by atoms with Crippen LogP contribution in [0.4, 0.5) is 5.82 Å². The fraction of sp³-hybridized carbons (Fsp3) is 0.643. The molecular weight excluding hydrogens is 210 g/mol. The minimum atomic E-state index is 0.611. The van der Waals surface area contributed by atoms with Crippen molar-refractivity contribution in [2.75, 3.05) is 12.3 Å². The van der Waals surface area contributed by atoms with Crippen molar-refractivity contribution in [3.63, 3.8) is 0 Å². The van der Waals surface area contributed by atoms with Gasteiger partial charge in [0.05, 0.1) is 0 Å². The van der Waals surface area contributed by atoms with E-state index in [0.29, 0.717) is 11.9 Å². The molecule has 1 heterocycles. The summed E-state index contributed by atoms with van der Waals surface area (Å²) in [5.74, 6) is 0.679. The molecule has 3 nitrogen and oxygen atoms in total. The molecule has 0 saturated carbocycles. The maximum atomic E-state index is 5.85. The van der Waals surface area contributed by atoms with E-state index in [4.69, 9.17) is 5.73 Å². The molecule has 0 saturated heterocycles. The van der Waals surface area contributed by atoms with Crippen LogP contribution in [-0.4, -0.2) is 17.6 Å². The lowest BCUT2D eigenvalue weighted by atomic mass is 10.0. The van der Waals surface area contributed by atoms with Crippen LogP contribution in [0, 0.1) is 0 Å². The van der Waals surface area contributed by atoms with Gasteiger partial charge in [-0.05, 0) is 43.9 Å². The standard InChI is InChI=1S/C14H25N3/c1-3-6-13(16-10-4-2)9-8-12-7-5-11-17-14(12)15/h5,7,11,13,16H,3-4,6,8-10H2,1-2H3,(H2,15,17). The van der Waals surface area contributed by atoms with Crippen LogP contribution >= 0.6 is 0 Å². The first-order valence-electron chi connectivity index (χ1n) is 6.70. The second kappa shape index (κ2) is 8.07. The van der Waals surface area contributed by atoms with Crippen LogP contribution in [0.1, 0.15) is 45.1 Å². The van der Waals surface area contributed by atoms with Gasteiger partial charge in [0.15, 0.2) is 0 Å². The molecule has 0 radical (unpaired) electrons. The van der Waals surface area contributed by atoms with Gasteiger partial charge in [0.2, 0.25) is 0 Å². The van der Waals surface area contributed by atoms with Gasteiger partial charge in [0, 0.05) is 12.2 Å². The summed E-state index contributed by atoms with van der Waals surface area (Å²) in [6.07, 6.45) is 7.56. The lowest BCUT2D eigenvalue weighted by Gasteiger charge is -2.18. The summed E-state index contributed by atoms with van der Waals surface area (Å²) in [5, 5.41) is 3.60. The molecular formula is C14H25N3. The first kappa shape index (κ1) is 14.0. The Bertz CT molecular complexity index is 312. The highest BCUT2D eigenvalue weighted by Gasteiger charge is 2.08. The van der Waals surface area contributed by atoms with Crippen molar-refractivity contribution in [3.05, 3.63) is 23.9 Å². The summed E-state index contributed by atoms with van der Waals surface area (Å²) < 4.78 is 0. The Morgan fingerprint density at radius 2 is 2.12 bits per heavy atom. The van der Waals surface area contributed by atoms with Crippen LogP contribution < -0.4 is 11.1 Å². The van der Waals surface area contributed by atoms with Gasteiger partial charge in [0.1, 0.15) is 5.82 Å². The largest absolute Gasteiger partial charge is 0.383 e. The number of hydrogen-bond donors (Lipinski definition) is 2. The maximum absolute atomic E-state index is 5.85. The predicted octanol–water partition coefficient (Wildman–Crippen LogP) is 2.76. The number of aryl methyl sites for hydroxylation is 1. The molecule has 0 aliphatic carbocycles. The van der Waals surface area contributed by atoms with Gasteiger partial charge in [-0.15, -0.1) is 0 Å². The average molecular weight is 235 g/mol. The van der Waals surface area contributed by atoms with Crippen molar-refractivity contribution in [3.8, 4) is 0 Å². The molecule has 0 aromatic carbocycles. The molecule has 0 aliphatic rings. The van der Waals surface area contributed by atoms with E-state index < -0.39 is 0 Å². The van der Waals surface area contributed by atoms with Crippen LogP contribution in [0.3, 0.4) is 0 Å². The smallest absolute Gasteiger partial charge is 0.126 e. The van der Waals surface area contributed by atoms with E-state index in [1.165, 1.54) is 24.8 Å². The highest BCUT2D eigenvalue weighted by Crippen LogP contribution is 2.13. The summed E-state index contributed by atoms with van der Waals surface area (Å²) in [6.45, 7) is 5.54. The number of hydrogen-bond acceptors (Lipinski definition) is 3. The highest BCUT2D eigenvalue weighted by molar-refractivity contribution is 5.38. The number of nitrogens with two attached hydrogens (primary N) is 1. The van der Waals surface area contributed by atoms with Gasteiger partial charge >= 0.3 is 0 Å². The van der Waals surface area contributed by atoms with Crippen LogP contribution in [-0.2, 0) is 6.42 Å². The van der Waals surface area contributed by atoms with Gasteiger partial charge < -0.3 is 11.1 Å². The minimum Gasteiger partial charge on any atom is -0.383 e.